The number of primary amides is 1. The monoisotopic (exact) mass is 554 g/mol. The van der Waals surface area contributed by atoms with Crippen molar-refractivity contribution < 1.29 is 23.9 Å². The van der Waals surface area contributed by atoms with Crippen molar-refractivity contribution in [1.82, 2.24) is 4.90 Å². The number of nitrogens with two attached hydrogens (primary N) is 1. The number of aryl methyl sites for hydroxylation is 1. The summed E-state index contributed by atoms with van der Waals surface area (Å²) in [5, 5.41) is 2.89. The maximum absolute atomic E-state index is 13.7. The zero-order valence-electron chi connectivity index (χ0n) is 23.0. The number of ether oxygens (including phenoxy) is 1. The predicted molar refractivity (Wildman–Crippen MR) is 156 cm³/mol. The van der Waals surface area contributed by atoms with Gasteiger partial charge in [-0.3, -0.25) is 19.2 Å². The van der Waals surface area contributed by atoms with Gasteiger partial charge in [-0.15, -0.1) is 0 Å². The third-order valence-corrected chi connectivity index (χ3v) is 7.76. The molecule has 0 radical (unpaired) electrons. The van der Waals surface area contributed by atoms with Crippen LogP contribution in [-0.2, 0) is 14.3 Å². The van der Waals surface area contributed by atoms with Crippen molar-refractivity contribution in [1.29, 1.82) is 0 Å². The number of carbonyl (C=O) groups is 4. The molecule has 0 bridgehead atoms. The van der Waals surface area contributed by atoms with Crippen LogP contribution in [0.1, 0.15) is 63.6 Å². The molecule has 1 fully saturated rings. The molecule has 0 saturated carbocycles. The van der Waals surface area contributed by atoms with Crippen LogP contribution in [0.4, 0.5) is 11.4 Å². The van der Waals surface area contributed by atoms with Crippen LogP contribution in [0.15, 0.2) is 72.8 Å². The molecule has 2 atom stereocenters. The maximum Gasteiger partial charge on any atom is 0.258 e. The molecule has 9 nitrogen and oxygen atoms in total. The Balaban J connectivity index is 1.27. The van der Waals surface area contributed by atoms with Gasteiger partial charge in [-0.1, -0.05) is 36.4 Å². The number of hydrogen-bond acceptors (Lipinski definition) is 5. The van der Waals surface area contributed by atoms with E-state index in [9.17, 15) is 19.2 Å². The fourth-order valence-electron chi connectivity index (χ4n) is 5.59. The molecule has 5 rings (SSSR count). The van der Waals surface area contributed by atoms with Crippen molar-refractivity contribution in [3.63, 3.8) is 0 Å². The lowest BCUT2D eigenvalue weighted by Gasteiger charge is -2.25. The average Bonchev–Trinajstić information content (AvgIpc) is 3.41. The van der Waals surface area contributed by atoms with Crippen molar-refractivity contribution in [2.24, 2.45) is 5.73 Å². The van der Waals surface area contributed by atoms with Gasteiger partial charge >= 0.3 is 0 Å². The number of likely N-dealkylation sites (tertiary alicyclic amines) is 1. The van der Waals surface area contributed by atoms with Crippen LogP contribution in [0.2, 0.25) is 0 Å². The van der Waals surface area contributed by atoms with Crippen LogP contribution in [-0.4, -0.2) is 54.3 Å². The molecular formula is C32H34N4O5. The van der Waals surface area contributed by atoms with Crippen molar-refractivity contribution >= 4 is 35.0 Å². The largest absolute Gasteiger partial charge is 0.368 e. The molecule has 3 aromatic carbocycles. The lowest BCUT2D eigenvalue weighted by molar-refractivity contribution is -0.143. The van der Waals surface area contributed by atoms with E-state index in [0.29, 0.717) is 49.2 Å². The summed E-state index contributed by atoms with van der Waals surface area (Å²) in [6, 6.07) is 21.2. The molecule has 9 heteroatoms. The summed E-state index contributed by atoms with van der Waals surface area (Å²) in [5.41, 5.74) is 9.61. The summed E-state index contributed by atoms with van der Waals surface area (Å²) in [7, 11) is 0. The lowest BCUT2D eigenvalue weighted by Crippen LogP contribution is -2.45. The third kappa shape index (κ3) is 6.15. The number of nitrogens with one attached hydrogen (secondary N) is 1. The second kappa shape index (κ2) is 12.3. The smallest absolute Gasteiger partial charge is 0.258 e. The van der Waals surface area contributed by atoms with E-state index in [-0.39, 0.29) is 30.4 Å². The van der Waals surface area contributed by atoms with Gasteiger partial charge in [0, 0.05) is 41.2 Å². The van der Waals surface area contributed by atoms with E-state index >= 15 is 0 Å². The van der Waals surface area contributed by atoms with Gasteiger partial charge in [0.25, 0.3) is 11.8 Å². The van der Waals surface area contributed by atoms with Gasteiger partial charge in [0.2, 0.25) is 11.8 Å². The molecule has 1 unspecified atom stereocenters. The molecule has 4 amide bonds. The zero-order valence-corrected chi connectivity index (χ0v) is 23.0. The summed E-state index contributed by atoms with van der Waals surface area (Å²) in [6.45, 7) is 2.71. The minimum absolute atomic E-state index is 0.160. The van der Waals surface area contributed by atoms with E-state index in [1.54, 1.807) is 35.2 Å². The number of benzene rings is 3. The Kier molecular flexibility index (Phi) is 8.45. The van der Waals surface area contributed by atoms with Gasteiger partial charge in [-0.25, -0.2) is 0 Å². The quantitative estimate of drug-likeness (QED) is 0.453. The number of fused-ring (bicyclic) bond motifs is 1. The van der Waals surface area contributed by atoms with Gasteiger partial charge in [0.1, 0.15) is 12.6 Å². The van der Waals surface area contributed by atoms with Crippen molar-refractivity contribution in [2.75, 3.05) is 29.9 Å². The van der Waals surface area contributed by atoms with Crippen LogP contribution >= 0.6 is 0 Å². The lowest BCUT2D eigenvalue weighted by atomic mass is 10.0. The fraction of sp³-hybridized carbons (Fsp3) is 0.312. The Hall–Kier alpha value is -4.50. The fourth-order valence-corrected chi connectivity index (χ4v) is 5.59. The summed E-state index contributed by atoms with van der Waals surface area (Å²) in [6.07, 6.45) is 2.25. The molecule has 0 spiro atoms. The minimum Gasteiger partial charge on any atom is -0.368 e. The summed E-state index contributed by atoms with van der Waals surface area (Å²) in [4.78, 5) is 54.2. The number of para-hydroxylation sites is 1. The van der Waals surface area contributed by atoms with Gasteiger partial charge in [-0.2, -0.15) is 0 Å². The zero-order chi connectivity index (χ0) is 28.9. The Labute approximate surface area is 239 Å². The minimum atomic E-state index is -0.581. The second-order valence-electron chi connectivity index (χ2n) is 10.5. The standard InChI is InChI=1S/C32H34N4O5/c1-21-8-2-3-9-24(21)31(39)34-23-16-14-22(15-17-23)32(40)36-19-7-13-28(25-10-4-5-11-26(25)36)41-20-29(37)35-18-6-12-27(35)30(33)38/h2-5,8-11,14-17,27-28H,6-7,12-13,18-20H2,1H3,(H2,33,38)(H,34,39)/t27-,28?/m0/s1. The predicted octanol–water partition coefficient (Wildman–Crippen LogP) is 4.22. The van der Waals surface area contributed by atoms with E-state index in [2.05, 4.69) is 5.32 Å². The molecule has 212 valence electrons. The Morgan fingerprint density at radius 3 is 2.37 bits per heavy atom. The number of amides is 4. The summed E-state index contributed by atoms with van der Waals surface area (Å²) in [5.74, 6) is -1.11. The topological polar surface area (TPSA) is 122 Å². The van der Waals surface area contributed by atoms with E-state index in [4.69, 9.17) is 10.5 Å². The van der Waals surface area contributed by atoms with Crippen molar-refractivity contribution in [3.05, 3.63) is 95.1 Å². The van der Waals surface area contributed by atoms with Crippen LogP contribution in [0.3, 0.4) is 0 Å². The van der Waals surface area contributed by atoms with Gasteiger partial charge in [0.05, 0.1) is 6.10 Å². The number of rotatable bonds is 7. The molecule has 0 aromatic heterocycles. The average molecular weight is 555 g/mol. The Morgan fingerprint density at radius 1 is 0.902 bits per heavy atom. The van der Waals surface area contributed by atoms with Crippen LogP contribution in [0.25, 0.3) is 0 Å². The van der Waals surface area contributed by atoms with E-state index in [1.807, 2.05) is 49.4 Å². The molecule has 3 N–H and O–H groups in total. The highest BCUT2D eigenvalue weighted by atomic mass is 16.5. The highest BCUT2D eigenvalue weighted by Crippen LogP contribution is 2.36. The van der Waals surface area contributed by atoms with Gasteiger partial charge < -0.3 is 25.6 Å². The first-order chi connectivity index (χ1) is 19.8. The summed E-state index contributed by atoms with van der Waals surface area (Å²) < 4.78 is 6.10. The molecule has 2 aliphatic rings. The first-order valence-corrected chi connectivity index (χ1v) is 13.9. The third-order valence-electron chi connectivity index (χ3n) is 7.76. The number of carbonyl (C=O) groups excluding carboxylic acids is 4. The first kappa shape index (κ1) is 28.0. The van der Waals surface area contributed by atoms with E-state index in [1.165, 1.54) is 4.90 Å². The van der Waals surface area contributed by atoms with Crippen molar-refractivity contribution in [3.8, 4) is 0 Å². The molecule has 3 aromatic rings. The number of hydrogen-bond donors (Lipinski definition) is 2. The molecule has 1 saturated heterocycles. The van der Waals surface area contributed by atoms with Gasteiger partial charge in [-0.05, 0) is 74.6 Å². The van der Waals surface area contributed by atoms with Crippen molar-refractivity contribution in [2.45, 2.75) is 44.8 Å². The molecule has 0 aliphatic carbocycles. The van der Waals surface area contributed by atoms with Crippen LogP contribution in [0, 0.1) is 6.92 Å². The van der Waals surface area contributed by atoms with Crippen LogP contribution in [0.5, 0.6) is 0 Å². The second-order valence-corrected chi connectivity index (χ2v) is 10.5. The Morgan fingerprint density at radius 2 is 1.61 bits per heavy atom. The molecule has 41 heavy (non-hydrogen) atoms. The number of nitrogens with zero attached hydrogens (tertiary/aromatic N) is 2. The Bertz CT molecular complexity index is 1450. The number of anilines is 2. The van der Waals surface area contributed by atoms with E-state index in [0.717, 1.165) is 23.2 Å². The molecular weight excluding hydrogens is 520 g/mol. The summed E-state index contributed by atoms with van der Waals surface area (Å²) >= 11 is 0. The highest BCUT2D eigenvalue weighted by molar-refractivity contribution is 6.08. The van der Waals surface area contributed by atoms with Gasteiger partial charge in [0.15, 0.2) is 0 Å². The van der Waals surface area contributed by atoms with Crippen LogP contribution < -0.4 is 16.0 Å². The maximum atomic E-state index is 13.7. The highest BCUT2D eigenvalue weighted by Gasteiger charge is 2.34. The first-order valence-electron chi connectivity index (χ1n) is 13.9. The molecule has 2 heterocycles. The SMILES string of the molecule is Cc1ccccc1C(=O)Nc1ccc(C(=O)N2CCCC(OCC(=O)N3CCC[C@H]3C(N)=O)c3ccccc32)cc1. The normalized spacial score (nSPS) is 18.4. The van der Waals surface area contributed by atoms with E-state index < -0.39 is 11.9 Å². The molecule has 2 aliphatic heterocycles.